The number of aromatic nitrogens is 1. The van der Waals surface area contributed by atoms with E-state index in [1.54, 1.807) is 0 Å². The lowest BCUT2D eigenvalue weighted by Crippen LogP contribution is -2.09. The van der Waals surface area contributed by atoms with Gasteiger partial charge in [0, 0.05) is 17.4 Å². The van der Waals surface area contributed by atoms with Gasteiger partial charge in [0.1, 0.15) is 0 Å². The fourth-order valence-corrected chi connectivity index (χ4v) is 2.42. The molecule has 2 heteroatoms. The second-order valence-corrected chi connectivity index (χ2v) is 4.70. The average molecular weight is 214 g/mol. The summed E-state index contributed by atoms with van der Waals surface area (Å²) in [6.45, 7) is 11.0. The maximum Gasteiger partial charge on any atom is 0.0620 e. The Kier molecular flexibility index (Phi) is 3.65. The van der Waals surface area contributed by atoms with Gasteiger partial charge in [-0.25, -0.2) is 0 Å². The van der Waals surface area contributed by atoms with Crippen molar-refractivity contribution < 1.29 is 0 Å². The molecule has 0 amide bonds. The number of hydrogen-bond donors (Lipinski definition) is 0. The molecular weight excluding hydrogens is 194 g/mol. The summed E-state index contributed by atoms with van der Waals surface area (Å²) in [4.78, 5) is 0. The van der Waals surface area contributed by atoms with Crippen LogP contribution >= 0.6 is 11.6 Å². The van der Waals surface area contributed by atoms with E-state index in [1.807, 2.05) is 0 Å². The fourth-order valence-electron chi connectivity index (χ4n) is 1.98. The van der Waals surface area contributed by atoms with E-state index in [0.717, 1.165) is 11.4 Å². The highest BCUT2D eigenvalue weighted by molar-refractivity contribution is 6.31. The Morgan fingerprint density at radius 3 is 2.36 bits per heavy atom. The summed E-state index contributed by atoms with van der Waals surface area (Å²) in [6, 6.07) is 2.56. The van der Waals surface area contributed by atoms with Gasteiger partial charge in [0.15, 0.2) is 0 Å². The molecule has 1 aromatic heterocycles. The third kappa shape index (κ3) is 1.98. The zero-order valence-electron chi connectivity index (χ0n) is 9.76. The lowest BCUT2D eigenvalue weighted by Gasteiger charge is -2.19. The van der Waals surface area contributed by atoms with Gasteiger partial charge in [-0.2, -0.15) is 0 Å². The third-order valence-electron chi connectivity index (χ3n) is 2.82. The van der Waals surface area contributed by atoms with Crippen LogP contribution in [0.3, 0.4) is 0 Å². The van der Waals surface area contributed by atoms with Gasteiger partial charge in [0.05, 0.1) is 5.02 Å². The van der Waals surface area contributed by atoms with Crippen molar-refractivity contribution in [3.63, 3.8) is 0 Å². The lowest BCUT2D eigenvalue weighted by atomic mass is 10.0. The van der Waals surface area contributed by atoms with E-state index in [-0.39, 0.29) is 0 Å². The zero-order valence-corrected chi connectivity index (χ0v) is 10.5. The van der Waals surface area contributed by atoms with Crippen LogP contribution in [-0.2, 0) is 0 Å². The second kappa shape index (κ2) is 4.39. The number of hydrogen-bond acceptors (Lipinski definition) is 0. The smallest absolute Gasteiger partial charge is 0.0620 e. The molecule has 0 saturated carbocycles. The largest absolute Gasteiger partial charge is 0.345 e. The van der Waals surface area contributed by atoms with Crippen LogP contribution in [0.2, 0.25) is 5.02 Å². The maximum atomic E-state index is 6.25. The van der Waals surface area contributed by atoms with E-state index < -0.39 is 0 Å². The summed E-state index contributed by atoms with van der Waals surface area (Å²) in [5.74, 6) is 0.540. The van der Waals surface area contributed by atoms with Gasteiger partial charge < -0.3 is 4.57 Å². The summed E-state index contributed by atoms with van der Waals surface area (Å²) in [6.07, 6.45) is 1.13. The maximum absolute atomic E-state index is 6.25. The van der Waals surface area contributed by atoms with E-state index in [1.165, 1.54) is 11.4 Å². The van der Waals surface area contributed by atoms with Crippen LogP contribution in [0.5, 0.6) is 0 Å². The summed E-state index contributed by atoms with van der Waals surface area (Å²) in [5, 5.41) is 0.922. The van der Waals surface area contributed by atoms with Gasteiger partial charge >= 0.3 is 0 Å². The van der Waals surface area contributed by atoms with Crippen LogP contribution in [0.4, 0.5) is 0 Å². The number of halogens is 1. The zero-order chi connectivity index (χ0) is 10.9. The highest BCUT2D eigenvalue weighted by atomic mass is 35.5. The molecule has 0 N–H and O–H groups in total. The molecule has 1 atom stereocenters. The van der Waals surface area contributed by atoms with Gasteiger partial charge in [-0.1, -0.05) is 25.4 Å². The van der Waals surface area contributed by atoms with Crippen molar-refractivity contribution in [1.82, 2.24) is 4.57 Å². The highest BCUT2D eigenvalue weighted by Gasteiger charge is 2.17. The number of nitrogens with zero attached hydrogens (tertiary/aromatic N) is 1. The second-order valence-electron chi connectivity index (χ2n) is 4.29. The molecule has 0 radical (unpaired) electrons. The molecule has 0 bridgehead atoms. The summed E-state index contributed by atoms with van der Waals surface area (Å²) in [7, 11) is 0. The first-order valence-electron chi connectivity index (χ1n) is 5.36. The predicted molar refractivity (Wildman–Crippen MR) is 63.3 cm³/mol. The third-order valence-corrected chi connectivity index (χ3v) is 3.12. The summed E-state index contributed by atoms with van der Waals surface area (Å²) >= 11 is 6.25. The Balaban J connectivity index is 3.24. The van der Waals surface area contributed by atoms with Gasteiger partial charge in [-0.05, 0) is 39.2 Å². The highest BCUT2D eigenvalue weighted by Crippen LogP contribution is 2.32. The van der Waals surface area contributed by atoms with Crippen LogP contribution in [0.1, 0.15) is 57.5 Å². The average Bonchev–Trinajstić information content (AvgIpc) is 2.39. The van der Waals surface area contributed by atoms with Crippen molar-refractivity contribution >= 4 is 11.6 Å². The molecule has 1 heterocycles. The summed E-state index contributed by atoms with van der Waals surface area (Å²) in [5.41, 5.74) is 2.56. The minimum Gasteiger partial charge on any atom is -0.345 e. The summed E-state index contributed by atoms with van der Waals surface area (Å²) < 4.78 is 2.34. The monoisotopic (exact) mass is 213 g/mol. The molecule has 1 rings (SSSR count). The Morgan fingerprint density at radius 1 is 1.36 bits per heavy atom. The van der Waals surface area contributed by atoms with E-state index in [4.69, 9.17) is 11.6 Å². The molecule has 1 aromatic rings. The normalized spacial score (nSPS) is 13.6. The Bertz CT molecular complexity index is 312. The SMILES string of the molecule is CCC(C)c1c(Cl)cc(C)n1C(C)C. The molecule has 0 fully saturated rings. The van der Waals surface area contributed by atoms with Crippen LogP contribution < -0.4 is 0 Å². The molecule has 0 aliphatic heterocycles. The minimum absolute atomic E-state index is 0.492. The lowest BCUT2D eigenvalue weighted by molar-refractivity contribution is 0.534. The van der Waals surface area contributed by atoms with Crippen LogP contribution in [0.25, 0.3) is 0 Å². The molecule has 1 nitrogen and oxygen atoms in total. The van der Waals surface area contributed by atoms with Crippen molar-refractivity contribution in [2.45, 2.75) is 53.0 Å². The van der Waals surface area contributed by atoms with Crippen LogP contribution in [0.15, 0.2) is 6.07 Å². The van der Waals surface area contributed by atoms with Crippen molar-refractivity contribution in [1.29, 1.82) is 0 Å². The first-order valence-corrected chi connectivity index (χ1v) is 5.74. The minimum atomic E-state index is 0.492. The Labute approximate surface area is 92.1 Å². The quantitative estimate of drug-likeness (QED) is 0.695. The van der Waals surface area contributed by atoms with E-state index >= 15 is 0 Å². The molecule has 14 heavy (non-hydrogen) atoms. The van der Waals surface area contributed by atoms with Gasteiger partial charge in [-0.15, -0.1) is 0 Å². The number of aryl methyl sites for hydroxylation is 1. The van der Waals surface area contributed by atoms with E-state index in [0.29, 0.717) is 12.0 Å². The number of rotatable bonds is 3. The van der Waals surface area contributed by atoms with Gasteiger partial charge in [0.2, 0.25) is 0 Å². The molecule has 0 aliphatic rings. The van der Waals surface area contributed by atoms with Crippen molar-refractivity contribution in [3.8, 4) is 0 Å². The van der Waals surface area contributed by atoms with Crippen molar-refractivity contribution in [2.75, 3.05) is 0 Å². The standard InChI is InChI=1S/C12H20ClN/c1-6-9(4)12-11(13)7-10(5)14(12)8(2)3/h7-9H,6H2,1-5H3. The molecule has 0 spiro atoms. The predicted octanol–water partition coefficient (Wildman–Crippen LogP) is 4.54. The molecular formula is C12H20ClN. The molecule has 0 aromatic carbocycles. The topological polar surface area (TPSA) is 4.93 Å². The first-order chi connectivity index (χ1) is 6.49. The molecule has 0 aliphatic carbocycles. The van der Waals surface area contributed by atoms with Crippen molar-refractivity contribution in [3.05, 3.63) is 22.5 Å². The van der Waals surface area contributed by atoms with Crippen molar-refractivity contribution in [2.24, 2.45) is 0 Å². The fraction of sp³-hybridized carbons (Fsp3) is 0.667. The van der Waals surface area contributed by atoms with Gasteiger partial charge in [0.25, 0.3) is 0 Å². The Hall–Kier alpha value is -0.430. The van der Waals surface area contributed by atoms with Crippen LogP contribution in [0, 0.1) is 6.92 Å². The molecule has 0 saturated heterocycles. The molecule has 80 valence electrons. The Morgan fingerprint density at radius 2 is 1.93 bits per heavy atom. The van der Waals surface area contributed by atoms with Crippen LogP contribution in [-0.4, -0.2) is 4.57 Å². The van der Waals surface area contributed by atoms with E-state index in [2.05, 4.69) is 45.3 Å². The molecule has 1 unspecified atom stereocenters. The first kappa shape index (κ1) is 11.6. The van der Waals surface area contributed by atoms with Gasteiger partial charge in [-0.3, -0.25) is 0 Å². The van der Waals surface area contributed by atoms with E-state index in [9.17, 15) is 0 Å².